The fourth-order valence-corrected chi connectivity index (χ4v) is 3.80. The second-order valence-electron chi connectivity index (χ2n) is 6.04. The lowest BCUT2D eigenvalue weighted by molar-refractivity contribution is -0.137. The fourth-order valence-electron chi connectivity index (χ4n) is 2.52. The van der Waals surface area contributed by atoms with Gasteiger partial charge in [-0.2, -0.15) is 13.2 Å². The zero-order chi connectivity index (χ0) is 19.2. The highest BCUT2D eigenvalue weighted by atomic mass is 127. The molecular formula is C16H24F3IN4O2S. The monoisotopic (exact) mass is 520 g/mol. The summed E-state index contributed by atoms with van der Waals surface area (Å²) in [6.45, 7) is 2.69. The van der Waals surface area contributed by atoms with Crippen LogP contribution >= 0.6 is 24.0 Å². The van der Waals surface area contributed by atoms with Gasteiger partial charge < -0.3 is 10.6 Å². The topological polar surface area (TPSA) is 73.8 Å². The van der Waals surface area contributed by atoms with E-state index in [4.69, 9.17) is 0 Å². The summed E-state index contributed by atoms with van der Waals surface area (Å²) in [4.78, 5) is 6.13. The Bertz CT molecular complexity index is 710. The maximum absolute atomic E-state index is 12.5. The van der Waals surface area contributed by atoms with Gasteiger partial charge in [0.2, 0.25) is 0 Å². The highest BCUT2D eigenvalue weighted by Gasteiger charge is 2.29. The molecule has 1 aliphatic heterocycles. The molecular weight excluding hydrogens is 496 g/mol. The third-order valence-electron chi connectivity index (χ3n) is 4.12. The Balaban J connectivity index is 0.00000364. The molecule has 27 heavy (non-hydrogen) atoms. The molecule has 6 nitrogen and oxygen atoms in total. The van der Waals surface area contributed by atoms with Gasteiger partial charge in [0.05, 0.1) is 17.1 Å². The number of halogens is 4. The Hall–Kier alpha value is -1.08. The van der Waals surface area contributed by atoms with Crippen LogP contribution in [0, 0.1) is 0 Å². The third kappa shape index (κ3) is 8.21. The molecule has 1 saturated heterocycles. The molecule has 0 unspecified atom stereocenters. The summed E-state index contributed by atoms with van der Waals surface area (Å²) in [5.74, 6) is 0.913. The average molecular weight is 520 g/mol. The van der Waals surface area contributed by atoms with Crippen molar-refractivity contribution in [2.75, 3.05) is 44.7 Å². The minimum atomic E-state index is -4.34. The van der Waals surface area contributed by atoms with Gasteiger partial charge in [-0.15, -0.1) is 24.0 Å². The number of hydrogen-bond donors (Lipinski definition) is 2. The van der Waals surface area contributed by atoms with E-state index in [2.05, 4.69) is 20.5 Å². The molecule has 0 saturated carbocycles. The number of aliphatic imine (C=N–C) groups is 1. The van der Waals surface area contributed by atoms with Gasteiger partial charge in [0.25, 0.3) is 0 Å². The number of hydrogen-bond acceptors (Lipinski definition) is 4. The summed E-state index contributed by atoms with van der Waals surface area (Å²) < 4.78 is 60.4. The molecule has 0 amide bonds. The standard InChI is InChI=1S/C16H23F3N4O2S.HI/c1-20-15(21-6-7-23-8-10-26(24,25)11-9-23)22-12-13-2-4-14(5-3-13)16(17,18)19;/h2-5H,6-12H2,1H3,(H2,20,21,22);1H. The maximum atomic E-state index is 12.5. The molecule has 0 spiro atoms. The molecule has 1 aromatic rings. The van der Waals surface area contributed by atoms with Gasteiger partial charge in [0.15, 0.2) is 15.8 Å². The van der Waals surface area contributed by atoms with Crippen molar-refractivity contribution in [3.8, 4) is 0 Å². The van der Waals surface area contributed by atoms with Crippen molar-refractivity contribution in [3.63, 3.8) is 0 Å². The van der Waals surface area contributed by atoms with Crippen LogP contribution in [0.2, 0.25) is 0 Å². The van der Waals surface area contributed by atoms with E-state index in [9.17, 15) is 21.6 Å². The number of rotatable bonds is 5. The summed E-state index contributed by atoms with van der Waals surface area (Å²) >= 11 is 0. The van der Waals surface area contributed by atoms with Crippen LogP contribution in [0.1, 0.15) is 11.1 Å². The molecule has 0 bridgehead atoms. The highest BCUT2D eigenvalue weighted by Crippen LogP contribution is 2.28. The molecule has 2 N–H and O–H groups in total. The molecule has 1 aliphatic rings. The largest absolute Gasteiger partial charge is 0.416 e. The van der Waals surface area contributed by atoms with Crippen LogP contribution in [0.3, 0.4) is 0 Å². The van der Waals surface area contributed by atoms with Crippen LogP contribution in [-0.4, -0.2) is 64.0 Å². The second-order valence-corrected chi connectivity index (χ2v) is 8.34. The first-order valence-electron chi connectivity index (χ1n) is 8.23. The van der Waals surface area contributed by atoms with Crippen LogP contribution in [0.25, 0.3) is 0 Å². The maximum Gasteiger partial charge on any atom is 0.416 e. The number of sulfone groups is 1. The Labute approximate surface area is 174 Å². The molecule has 1 fully saturated rings. The first-order valence-corrected chi connectivity index (χ1v) is 10.1. The van der Waals surface area contributed by atoms with Crippen molar-refractivity contribution in [2.45, 2.75) is 12.7 Å². The van der Waals surface area contributed by atoms with E-state index in [0.717, 1.165) is 12.1 Å². The molecule has 2 rings (SSSR count). The average Bonchev–Trinajstić information content (AvgIpc) is 2.59. The van der Waals surface area contributed by atoms with E-state index in [0.29, 0.717) is 44.2 Å². The van der Waals surface area contributed by atoms with Gasteiger partial charge in [0.1, 0.15) is 0 Å². The Morgan fingerprint density at radius 2 is 1.74 bits per heavy atom. The lowest BCUT2D eigenvalue weighted by Gasteiger charge is -2.26. The van der Waals surface area contributed by atoms with Gasteiger partial charge in [-0.1, -0.05) is 12.1 Å². The van der Waals surface area contributed by atoms with Crippen molar-refractivity contribution in [2.24, 2.45) is 4.99 Å². The lowest BCUT2D eigenvalue weighted by atomic mass is 10.1. The smallest absolute Gasteiger partial charge is 0.355 e. The van der Waals surface area contributed by atoms with E-state index in [1.54, 1.807) is 7.05 Å². The number of benzene rings is 1. The summed E-state index contributed by atoms with van der Waals surface area (Å²) in [5, 5.41) is 6.15. The van der Waals surface area contributed by atoms with Gasteiger partial charge >= 0.3 is 6.18 Å². The molecule has 11 heteroatoms. The number of nitrogens with zero attached hydrogens (tertiary/aromatic N) is 2. The van der Waals surface area contributed by atoms with Gasteiger partial charge in [-0.3, -0.25) is 9.89 Å². The zero-order valence-electron chi connectivity index (χ0n) is 14.9. The Morgan fingerprint density at radius 3 is 2.26 bits per heavy atom. The normalized spacial score (nSPS) is 17.9. The van der Waals surface area contributed by atoms with E-state index < -0.39 is 21.6 Å². The lowest BCUT2D eigenvalue weighted by Crippen LogP contribution is -2.45. The van der Waals surface area contributed by atoms with Crippen LogP contribution < -0.4 is 10.6 Å². The predicted molar refractivity (Wildman–Crippen MR) is 110 cm³/mol. The SMILES string of the molecule is CN=C(NCCN1CCS(=O)(=O)CC1)NCc1ccc(C(F)(F)F)cc1.I. The summed E-state index contributed by atoms with van der Waals surface area (Å²) in [7, 11) is -1.28. The molecule has 0 aliphatic carbocycles. The van der Waals surface area contributed by atoms with Crippen LogP contribution in [0.4, 0.5) is 13.2 Å². The quantitative estimate of drug-likeness (QED) is 0.352. The number of nitrogens with one attached hydrogen (secondary N) is 2. The molecule has 0 aromatic heterocycles. The van der Waals surface area contributed by atoms with E-state index >= 15 is 0 Å². The summed E-state index contributed by atoms with van der Waals surface area (Å²) in [6, 6.07) is 4.96. The van der Waals surface area contributed by atoms with Gasteiger partial charge in [0, 0.05) is 39.8 Å². The first-order chi connectivity index (χ1) is 12.2. The van der Waals surface area contributed by atoms with Crippen molar-refractivity contribution >= 4 is 39.8 Å². The molecule has 1 aromatic carbocycles. The molecule has 154 valence electrons. The minimum absolute atomic E-state index is 0. The Morgan fingerprint density at radius 1 is 1.15 bits per heavy atom. The van der Waals surface area contributed by atoms with Crippen LogP contribution in [0.5, 0.6) is 0 Å². The summed E-state index contributed by atoms with van der Waals surface area (Å²) in [5.41, 5.74) is 0.0366. The number of alkyl halides is 3. The number of guanidine groups is 1. The van der Waals surface area contributed by atoms with Crippen molar-refractivity contribution in [1.82, 2.24) is 15.5 Å². The van der Waals surface area contributed by atoms with E-state index in [1.165, 1.54) is 12.1 Å². The van der Waals surface area contributed by atoms with Crippen molar-refractivity contribution in [1.29, 1.82) is 0 Å². The summed E-state index contributed by atoms with van der Waals surface area (Å²) in [6.07, 6.45) is -4.34. The van der Waals surface area contributed by atoms with Crippen molar-refractivity contribution in [3.05, 3.63) is 35.4 Å². The van der Waals surface area contributed by atoms with Gasteiger partial charge in [-0.25, -0.2) is 8.42 Å². The van der Waals surface area contributed by atoms with Crippen LogP contribution in [-0.2, 0) is 22.6 Å². The zero-order valence-corrected chi connectivity index (χ0v) is 18.1. The first kappa shape index (κ1) is 24.0. The van der Waals surface area contributed by atoms with Crippen molar-refractivity contribution < 1.29 is 21.6 Å². The highest BCUT2D eigenvalue weighted by molar-refractivity contribution is 14.0. The second kappa shape index (κ2) is 10.5. The molecule has 1 heterocycles. The predicted octanol–water partition coefficient (Wildman–Crippen LogP) is 1.72. The van der Waals surface area contributed by atoms with Gasteiger partial charge in [-0.05, 0) is 17.7 Å². The third-order valence-corrected chi connectivity index (χ3v) is 5.73. The minimum Gasteiger partial charge on any atom is -0.355 e. The Kier molecular flexibility index (Phi) is 9.28. The molecule has 0 atom stereocenters. The molecule has 0 radical (unpaired) electrons. The fraction of sp³-hybridized carbons (Fsp3) is 0.562. The van der Waals surface area contributed by atoms with E-state index in [1.807, 2.05) is 0 Å². The van der Waals surface area contributed by atoms with Crippen LogP contribution in [0.15, 0.2) is 29.3 Å². The van der Waals surface area contributed by atoms with E-state index in [-0.39, 0.29) is 35.5 Å².